The van der Waals surface area contributed by atoms with E-state index in [4.69, 9.17) is 9.47 Å². The molecule has 5 heteroatoms. The van der Waals surface area contributed by atoms with Crippen LogP contribution in [-0.2, 0) is 20.9 Å². The summed E-state index contributed by atoms with van der Waals surface area (Å²) in [5.41, 5.74) is 0.959. The fourth-order valence-corrected chi connectivity index (χ4v) is 3.59. The first-order valence-electron chi connectivity index (χ1n) is 8.68. The summed E-state index contributed by atoms with van der Waals surface area (Å²) in [4.78, 5) is 26.7. The number of hydrogen-bond donors (Lipinski definition) is 0. The van der Waals surface area contributed by atoms with Crippen molar-refractivity contribution in [2.45, 2.75) is 44.9 Å². The summed E-state index contributed by atoms with van der Waals surface area (Å²) in [5, 5.41) is 0. The lowest BCUT2D eigenvalue weighted by molar-refractivity contribution is -0.130. The van der Waals surface area contributed by atoms with E-state index in [1.54, 1.807) is 11.8 Å². The molecule has 0 radical (unpaired) electrons. The summed E-state index contributed by atoms with van der Waals surface area (Å²) >= 11 is 0. The third-order valence-corrected chi connectivity index (χ3v) is 4.83. The SMILES string of the molecule is CC#CCC(=O)C1CC2COCC(C1)N2C(=O)OCc1ccccc1. The number of ketones is 1. The zero-order valence-electron chi connectivity index (χ0n) is 14.4. The third kappa shape index (κ3) is 4.21. The van der Waals surface area contributed by atoms with Crippen LogP contribution < -0.4 is 0 Å². The molecule has 0 N–H and O–H groups in total. The molecule has 5 nitrogen and oxygen atoms in total. The van der Waals surface area contributed by atoms with Crippen LogP contribution in [0.2, 0.25) is 0 Å². The van der Waals surface area contributed by atoms with Crippen LogP contribution in [-0.4, -0.2) is 42.1 Å². The van der Waals surface area contributed by atoms with Gasteiger partial charge < -0.3 is 9.47 Å². The molecule has 2 heterocycles. The molecule has 2 saturated heterocycles. The highest BCUT2D eigenvalue weighted by Gasteiger charge is 2.44. The lowest BCUT2D eigenvalue weighted by Crippen LogP contribution is -2.59. The predicted octanol–water partition coefficient (Wildman–Crippen LogP) is 2.79. The Morgan fingerprint density at radius 1 is 1.20 bits per heavy atom. The highest BCUT2D eigenvalue weighted by atomic mass is 16.6. The zero-order valence-corrected chi connectivity index (χ0v) is 14.4. The van der Waals surface area contributed by atoms with Gasteiger partial charge in [-0.15, -0.1) is 5.92 Å². The summed E-state index contributed by atoms with van der Waals surface area (Å²) < 4.78 is 11.1. The molecule has 2 aliphatic heterocycles. The highest BCUT2D eigenvalue weighted by Crippen LogP contribution is 2.33. The molecule has 0 aromatic heterocycles. The first-order chi connectivity index (χ1) is 12.2. The van der Waals surface area contributed by atoms with Crippen molar-refractivity contribution < 1.29 is 19.1 Å². The highest BCUT2D eigenvalue weighted by molar-refractivity contribution is 5.83. The Bertz CT molecular complexity index is 662. The Morgan fingerprint density at radius 3 is 2.52 bits per heavy atom. The molecule has 0 aliphatic carbocycles. The zero-order chi connectivity index (χ0) is 17.6. The summed E-state index contributed by atoms with van der Waals surface area (Å²) in [6.45, 7) is 2.91. The standard InChI is InChI=1S/C20H23NO4/c1-2-3-9-19(22)16-10-17-13-24-14-18(11-16)21(17)20(23)25-12-15-7-5-4-6-8-15/h4-8,16-18H,9-14H2,1H3. The summed E-state index contributed by atoms with van der Waals surface area (Å²) in [6.07, 6.45) is 1.23. The van der Waals surface area contributed by atoms with Crippen LogP contribution in [0, 0.1) is 17.8 Å². The van der Waals surface area contributed by atoms with Crippen LogP contribution in [0.3, 0.4) is 0 Å². The van der Waals surface area contributed by atoms with Crippen molar-refractivity contribution in [3.05, 3.63) is 35.9 Å². The molecule has 2 atom stereocenters. The van der Waals surface area contributed by atoms with Crippen LogP contribution in [0.5, 0.6) is 0 Å². The minimum absolute atomic E-state index is 0.0436. The fourth-order valence-electron chi connectivity index (χ4n) is 3.59. The molecular weight excluding hydrogens is 318 g/mol. The number of nitrogens with zero attached hydrogens (tertiary/aromatic N) is 1. The van der Waals surface area contributed by atoms with Crippen molar-refractivity contribution in [2.24, 2.45) is 5.92 Å². The molecule has 2 unspecified atom stereocenters. The third-order valence-electron chi connectivity index (χ3n) is 4.83. The monoisotopic (exact) mass is 341 g/mol. The van der Waals surface area contributed by atoms with Crippen molar-refractivity contribution in [1.82, 2.24) is 4.90 Å². The van der Waals surface area contributed by atoms with E-state index in [1.165, 1.54) is 0 Å². The van der Waals surface area contributed by atoms with Crippen LogP contribution in [0.1, 0.15) is 31.7 Å². The Labute approximate surface area is 148 Å². The molecule has 2 fully saturated rings. The van der Waals surface area contributed by atoms with Gasteiger partial charge in [-0.2, -0.15) is 0 Å². The van der Waals surface area contributed by atoms with Crippen LogP contribution >= 0.6 is 0 Å². The van der Waals surface area contributed by atoms with Gasteiger partial charge in [0.05, 0.1) is 31.7 Å². The van der Waals surface area contributed by atoms with Crippen LogP contribution in [0.25, 0.3) is 0 Å². The maximum absolute atomic E-state index is 12.6. The normalized spacial score (nSPS) is 24.8. The van der Waals surface area contributed by atoms with E-state index in [1.807, 2.05) is 30.3 Å². The number of carbonyl (C=O) groups excluding carboxylic acids is 2. The second-order valence-electron chi connectivity index (χ2n) is 6.53. The molecular formula is C20H23NO4. The van der Waals surface area contributed by atoms with E-state index in [-0.39, 0.29) is 36.5 Å². The number of hydrogen-bond acceptors (Lipinski definition) is 4. The minimum Gasteiger partial charge on any atom is -0.445 e. The second-order valence-corrected chi connectivity index (χ2v) is 6.53. The van der Waals surface area contributed by atoms with Crippen molar-refractivity contribution in [3.8, 4) is 11.8 Å². The van der Waals surface area contributed by atoms with Gasteiger partial charge in [-0.1, -0.05) is 36.3 Å². The molecule has 1 aromatic rings. The van der Waals surface area contributed by atoms with Gasteiger partial charge in [0.15, 0.2) is 0 Å². The molecule has 0 spiro atoms. The Kier molecular flexibility index (Phi) is 5.72. The van der Waals surface area contributed by atoms with E-state index in [0.717, 1.165) is 5.56 Å². The van der Waals surface area contributed by atoms with E-state index in [2.05, 4.69) is 11.8 Å². The summed E-state index contributed by atoms with van der Waals surface area (Å²) in [5.74, 6) is 5.74. The van der Waals surface area contributed by atoms with Gasteiger partial charge in [0, 0.05) is 5.92 Å². The van der Waals surface area contributed by atoms with E-state index >= 15 is 0 Å². The smallest absolute Gasteiger partial charge is 0.410 e. The van der Waals surface area contributed by atoms with Gasteiger partial charge in [0.1, 0.15) is 12.4 Å². The van der Waals surface area contributed by atoms with Gasteiger partial charge >= 0.3 is 6.09 Å². The molecule has 3 rings (SSSR count). The number of benzene rings is 1. The molecule has 0 saturated carbocycles. The molecule has 2 bridgehead atoms. The Morgan fingerprint density at radius 2 is 1.88 bits per heavy atom. The Balaban J connectivity index is 1.61. The first-order valence-corrected chi connectivity index (χ1v) is 8.68. The van der Waals surface area contributed by atoms with Gasteiger partial charge in [-0.3, -0.25) is 9.69 Å². The van der Waals surface area contributed by atoms with Crippen LogP contribution in [0.15, 0.2) is 30.3 Å². The average Bonchev–Trinajstić information content (AvgIpc) is 2.64. The first kappa shape index (κ1) is 17.5. The topological polar surface area (TPSA) is 55.8 Å². The maximum atomic E-state index is 12.6. The van der Waals surface area contributed by atoms with Gasteiger partial charge in [0.25, 0.3) is 0 Å². The number of morpholine rings is 1. The van der Waals surface area contributed by atoms with Crippen molar-refractivity contribution >= 4 is 11.9 Å². The van der Waals surface area contributed by atoms with Crippen molar-refractivity contribution in [2.75, 3.05) is 13.2 Å². The number of amides is 1. The lowest BCUT2D eigenvalue weighted by Gasteiger charge is -2.47. The summed E-state index contributed by atoms with van der Waals surface area (Å²) in [6, 6.07) is 9.42. The maximum Gasteiger partial charge on any atom is 0.410 e. The van der Waals surface area contributed by atoms with E-state index < -0.39 is 0 Å². The minimum atomic E-state index is -0.318. The van der Waals surface area contributed by atoms with Gasteiger partial charge in [0.2, 0.25) is 0 Å². The summed E-state index contributed by atoms with van der Waals surface area (Å²) in [7, 11) is 0. The number of carbonyl (C=O) groups is 2. The predicted molar refractivity (Wildman–Crippen MR) is 92.7 cm³/mol. The molecule has 2 aliphatic rings. The lowest BCUT2D eigenvalue weighted by atomic mass is 9.82. The molecule has 132 valence electrons. The molecule has 1 aromatic carbocycles. The van der Waals surface area contributed by atoms with Crippen molar-refractivity contribution in [3.63, 3.8) is 0 Å². The quantitative estimate of drug-likeness (QED) is 0.790. The largest absolute Gasteiger partial charge is 0.445 e. The average molecular weight is 341 g/mol. The van der Waals surface area contributed by atoms with Gasteiger partial charge in [-0.25, -0.2) is 4.79 Å². The van der Waals surface area contributed by atoms with Gasteiger partial charge in [-0.05, 0) is 25.3 Å². The second kappa shape index (κ2) is 8.17. The number of fused-ring (bicyclic) bond motifs is 2. The Hall–Kier alpha value is -2.32. The number of ether oxygens (including phenoxy) is 2. The van der Waals surface area contributed by atoms with Crippen molar-refractivity contribution in [1.29, 1.82) is 0 Å². The molecule has 1 amide bonds. The number of piperidine rings is 1. The van der Waals surface area contributed by atoms with Crippen LogP contribution in [0.4, 0.5) is 4.79 Å². The number of rotatable bonds is 4. The molecule has 25 heavy (non-hydrogen) atoms. The fraction of sp³-hybridized carbons (Fsp3) is 0.500. The van der Waals surface area contributed by atoms with E-state index in [9.17, 15) is 9.59 Å². The number of Topliss-reactive ketones (excluding diaryl/α,β-unsaturated/α-hetero) is 1. The van der Waals surface area contributed by atoms with E-state index in [0.29, 0.717) is 32.5 Å².